The summed E-state index contributed by atoms with van der Waals surface area (Å²) in [6.07, 6.45) is 4.85. The van der Waals surface area contributed by atoms with Crippen LogP contribution >= 0.6 is 0 Å². The molecule has 168 valence electrons. The molecule has 1 saturated heterocycles. The molecule has 1 amide bonds. The molecule has 1 aliphatic rings. The molecule has 0 bridgehead atoms. The van der Waals surface area contributed by atoms with Crippen LogP contribution in [-0.4, -0.2) is 64.9 Å². The van der Waals surface area contributed by atoms with Gasteiger partial charge in [0.2, 0.25) is 0 Å². The van der Waals surface area contributed by atoms with Crippen molar-refractivity contribution in [3.63, 3.8) is 0 Å². The van der Waals surface area contributed by atoms with E-state index in [-0.39, 0.29) is 18.1 Å². The Morgan fingerprint density at radius 3 is 2.58 bits per heavy atom. The zero-order valence-electron chi connectivity index (χ0n) is 18.8. The monoisotopic (exact) mass is 426 g/mol. The lowest BCUT2D eigenvalue weighted by Gasteiger charge is -2.35. The van der Waals surface area contributed by atoms with E-state index in [0.29, 0.717) is 25.2 Å². The molecular weight excluding hydrogens is 392 g/mol. The van der Waals surface area contributed by atoms with E-state index in [1.54, 1.807) is 6.20 Å². The molecule has 2 heterocycles. The standard InChI is InChI=1S/C23H34N6O2/c1-4-24-23(25-11-5-13-29-14-6-12-27-29)26-15-20-7-9-21(10-8-20)22(30)28-16-18(2)31-19(3)17-28/h6-10,12,14,18-19H,4-5,11,13,15-17H2,1-3H3,(H2,24,25,26). The van der Waals surface area contributed by atoms with Crippen molar-refractivity contribution in [3.05, 3.63) is 53.9 Å². The Kier molecular flexibility index (Phi) is 8.46. The summed E-state index contributed by atoms with van der Waals surface area (Å²) in [4.78, 5) is 19.3. The summed E-state index contributed by atoms with van der Waals surface area (Å²) < 4.78 is 7.65. The molecule has 2 unspecified atom stereocenters. The first-order chi connectivity index (χ1) is 15.0. The lowest BCUT2D eigenvalue weighted by atomic mass is 10.1. The maximum atomic E-state index is 12.8. The van der Waals surface area contributed by atoms with Crippen molar-refractivity contribution in [2.24, 2.45) is 4.99 Å². The fourth-order valence-electron chi connectivity index (χ4n) is 3.67. The Morgan fingerprint density at radius 1 is 1.19 bits per heavy atom. The van der Waals surface area contributed by atoms with Gasteiger partial charge in [-0.05, 0) is 51.0 Å². The second-order valence-electron chi connectivity index (χ2n) is 7.91. The number of carbonyl (C=O) groups excluding carboxylic acids is 1. The number of aryl methyl sites for hydroxylation is 1. The minimum atomic E-state index is 0.0595. The van der Waals surface area contributed by atoms with Crippen LogP contribution in [0.15, 0.2) is 47.7 Å². The van der Waals surface area contributed by atoms with Gasteiger partial charge < -0.3 is 20.3 Å². The van der Waals surface area contributed by atoms with Crippen molar-refractivity contribution in [3.8, 4) is 0 Å². The maximum Gasteiger partial charge on any atom is 0.254 e. The zero-order chi connectivity index (χ0) is 22.1. The average Bonchev–Trinajstić information content (AvgIpc) is 3.27. The quantitative estimate of drug-likeness (QED) is 0.384. The molecule has 2 N–H and O–H groups in total. The predicted molar refractivity (Wildman–Crippen MR) is 122 cm³/mol. The molecule has 0 spiro atoms. The van der Waals surface area contributed by atoms with Crippen molar-refractivity contribution in [1.29, 1.82) is 0 Å². The van der Waals surface area contributed by atoms with Gasteiger partial charge in [0.15, 0.2) is 5.96 Å². The fraction of sp³-hybridized carbons (Fsp3) is 0.522. The van der Waals surface area contributed by atoms with E-state index in [4.69, 9.17) is 4.74 Å². The second-order valence-corrected chi connectivity index (χ2v) is 7.91. The summed E-state index contributed by atoms with van der Waals surface area (Å²) in [6, 6.07) is 9.67. The van der Waals surface area contributed by atoms with Crippen LogP contribution in [0.25, 0.3) is 0 Å². The number of rotatable bonds is 8. The number of hydrogen-bond acceptors (Lipinski definition) is 4. The number of nitrogens with one attached hydrogen (secondary N) is 2. The van der Waals surface area contributed by atoms with Crippen LogP contribution in [0.4, 0.5) is 0 Å². The second kappa shape index (κ2) is 11.5. The van der Waals surface area contributed by atoms with Crippen LogP contribution < -0.4 is 10.6 Å². The Labute approximate surface area is 184 Å². The van der Waals surface area contributed by atoms with Crippen LogP contribution in [0, 0.1) is 0 Å². The number of aromatic nitrogens is 2. The number of amides is 1. The molecule has 0 saturated carbocycles. The average molecular weight is 427 g/mol. The number of morpholine rings is 1. The molecule has 2 atom stereocenters. The van der Waals surface area contributed by atoms with E-state index in [1.165, 1.54) is 0 Å². The molecule has 0 radical (unpaired) electrons. The normalized spacial score (nSPS) is 19.3. The van der Waals surface area contributed by atoms with Crippen LogP contribution in [0.3, 0.4) is 0 Å². The van der Waals surface area contributed by atoms with E-state index in [9.17, 15) is 4.79 Å². The van der Waals surface area contributed by atoms with E-state index >= 15 is 0 Å². The molecule has 1 fully saturated rings. The highest BCUT2D eigenvalue weighted by Gasteiger charge is 2.26. The Morgan fingerprint density at radius 2 is 1.94 bits per heavy atom. The molecule has 1 aliphatic heterocycles. The Hall–Kier alpha value is -2.87. The summed E-state index contributed by atoms with van der Waals surface area (Å²) in [7, 11) is 0. The van der Waals surface area contributed by atoms with Gasteiger partial charge in [-0.3, -0.25) is 9.48 Å². The van der Waals surface area contributed by atoms with Crippen molar-refractivity contribution in [1.82, 2.24) is 25.3 Å². The number of guanidine groups is 1. The third-order valence-corrected chi connectivity index (χ3v) is 5.09. The minimum absolute atomic E-state index is 0.0595. The van der Waals surface area contributed by atoms with Crippen LogP contribution in [0.1, 0.15) is 43.1 Å². The summed E-state index contributed by atoms with van der Waals surface area (Å²) in [5, 5.41) is 10.8. The van der Waals surface area contributed by atoms with Gasteiger partial charge in [0.1, 0.15) is 0 Å². The SMILES string of the molecule is CCNC(=NCc1ccc(C(=O)N2CC(C)OC(C)C2)cc1)NCCCn1cccn1. The smallest absolute Gasteiger partial charge is 0.254 e. The number of carbonyl (C=O) groups is 1. The van der Waals surface area contributed by atoms with Crippen LogP contribution in [0.2, 0.25) is 0 Å². The fourth-order valence-corrected chi connectivity index (χ4v) is 3.67. The molecule has 3 rings (SSSR count). The highest BCUT2D eigenvalue weighted by Crippen LogP contribution is 2.15. The van der Waals surface area contributed by atoms with E-state index < -0.39 is 0 Å². The van der Waals surface area contributed by atoms with Gasteiger partial charge in [0.25, 0.3) is 5.91 Å². The lowest BCUT2D eigenvalue weighted by Crippen LogP contribution is -2.48. The van der Waals surface area contributed by atoms with Gasteiger partial charge in [-0.1, -0.05) is 12.1 Å². The molecule has 8 nitrogen and oxygen atoms in total. The Balaban J connectivity index is 1.50. The molecule has 0 aliphatic carbocycles. The highest BCUT2D eigenvalue weighted by atomic mass is 16.5. The van der Waals surface area contributed by atoms with E-state index in [1.807, 2.05) is 60.0 Å². The number of benzene rings is 1. The molecule has 1 aromatic heterocycles. The number of nitrogens with zero attached hydrogens (tertiary/aromatic N) is 4. The minimum Gasteiger partial charge on any atom is -0.372 e. The first-order valence-electron chi connectivity index (χ1n) is 11.1. The van der Waals surface area contributed by atoms with Gasteiger partial charge >= 0.3 is 0 Å². The largest absolute Gasteiger partial charge is 0.372 e. The number of aliphatic imine (C=N–C) groups is 1. The van der Waals surface area contributed by atoms with E-state index in [2.05, 4.69) is 27.6 Å². The topological polar surface area (TPSA) is 83.8 Å². The van der Waals surface area contributed by atoms with Crippen molar-refractivity contribution >= 4 is 11.9 Å². The predicted octanol–water partition coefficient (Wildman–Crippen LogP) is 2.28. The summed E-state index contributed by atoms with van der Waals surface area (Å²) in [6.45, 7) is 10.4. The number of ether oxygens (including phenoxy) is 1. The summed E-state index contributed by atoms with van der Waals surface area (Å²) >= 11 is 0. The third kappa shape index (κ3) is 7.10. The molecule has 31 heavy (non-hydrogen) atoms. The third-order valence-electron chi connectivity index (χ3n) is 5.09. The van der Waals surface area contributed by atoms with Gasteiger partial charge in [0, 0.05) is 50.7 Å². The van der Waals surface area contributed by atoms with E-state index in [0.717, 1.165) is 37.6 Å². The lowest BCUT2D eigenvalue weighted by molar-refractivity contribution is -0.0586. The molecule has 1 aromatic carbocycles. The van der Waals surface area contributed by atoms with Crippen LogP contribution in [-0.2, 0) is 17.8 Å². The van der Waals surface area contributed by atoms with Gasteiger partial charge in [-0.25, -0.2) is 4.99 Å². The summed E-state index contributed by atoms with van der Waals surface area (Å²) in [5.41, 5.74) is 1.77. The molecule has 2 aromatic rings. The first kappa shape index (κ1) is 22.8. The Bertz CT molecular complexity index is 824. The molecular formula is C23H34N6O2. The van der Waals surface area contributed by atoms with Crippen LogP contribution in [0.5, 0.6) is 0 Å². The molecule has 8 heteroatoms. The van der Waals surface area contributed by atoms with Gasteiger partial charge in [0.05, 0.1) is 18.8 Å². The van der Waals surface area contributed by atoms with Gasteiger partial charge in [-0.15, -0.1) is 0 Å². The highest BCUT2D eigenvalue weighted by molar-refractivity contribution is 5.94. The van der Waals surface area contributed by atoms with Crippen molar-refractivity contribution < 1.29 is 9.53 Å². The summed E-state index contributed by atoms with van der Waals surface area (Å²) in [5.74, 6) is 0.851. The zero-order valence-corrected chi connectivity index (χ0v) is 18.8. The maximum absolute atomic E-state index is 12.8. The van der Waals surface area contributed by atoms with Gasteiger partial charge in [-0.2, -0.15) is 5.10 Å². The van der Waals surface area contributed by atoms with Crippen molar-refractivity contribution in [2.75, 3.05) is 26.2 Å². The van der Waals surface area contributed by atoms with Crippen molar-refractivity contribution in [2.45, 2.75) is 52.5 Å². The number of hydrogen-bond donors (Lipinski definition) is 2. The first-order valence-corrected chi connectivity index (χ1v) is 11.1.